The van der Waals surface area contributed by atoms with Crippen LogP contribution in [-0.2, 0) is 6.54 Å². The van der Waals surface area contributed by atoms with Gasteiger partial charge in [0.05, 0.1) is 32.7 Å². The SMILES string of the molecule is COc1cc(/C=N/NC(=O)c2nnn(-c3nonc3N)c2CN(C)c2ccccc2)cc(OC)c1O. The minimum absolute atomic E-state index is 0.00167. The summed E-state index contributed by atoms with van der Waals surface area (Å²) in [6, 6.07) is 12.6. The molecule has 2 heterocycles. The summed E-state index contributed by atoms with van der Waals surface area (Å²) in [5, 5.41) is 29.4. The lowest BCUT2D eigenvalue weighted by atomic mass is 10.2. The number of phenols is 1. The number of nitrogens with zero attached hydrogens (tertiary/aromatic N) is 7. The monoisotopic (exact) mass is 493 g/mol. The van der Waals surface area contributed by atoms with E-state index in [1.807, 2.05) is 42.3 Å². The number of carbonyl (C=O) groups is 1. The molecule has 2 aromatic carbocycles. The molecule has 14 nitrogen and oxygen atoms in total. The molecule has 0 aliphatic rings. The molecule has 1 amide bonds. The second-order valence-electron chi connectivity index (χ2n) is 7.43. The fourth-order valence-electron chi connectivity index (χ4n) is 3.33. The number of aromatic nitrogens is 5. The topological polar surface area (TPSA) is 179 Å². The zero-order valence-electron chi connectivity index (χ0n) is 19.6. The number of hydrogen-bond acceptors (Lipinski definition) is 12. The van der Waals surface area contributed by atoms with Crippen molar-refractivity contribution >= 4 is 23.6 Å². The van der Waals surface area contributed by atoms with Crippen LogP contribution in [0.1, 0.15) is 21.7 Å². The van der Waals surface area contributed by atoms with E-state index in [0.29, 0.717) is 11.3 Å². The van der Waals surface area contributed by atoms with E-state index in [1.54, 1.807) is 0 Å². The Labute approximate surface area is 204 Å². The number of amides is 1. The number of aromatic hydroxyl groups is 1. The quantitative estimate of drug-likeness (QED) is 0.226. The first-order valence-electron chi connectivity index (χ1n) is 10.5. The summed E-state index contributed by atoms with van der Waals surface area (Å²) >= 11 is 0. The fourth-order valence-corrected chi connectivity index (χ4v) is 3.33. The van der Waals surface area contributed by atoms with Gasteiger partial charge in [-0.3, -0.25) is 4.79 Å². The number of methoxy groups -OCH3 is 2. The van der Waals surface area contributed by atoms with Crippen molar-refractivity contribution in [2.75, 3.05) is 31.9 Å². The first kappa shape index (κ1) is 24.0. The fraction of sp³-hybridized carbons (Fsp3) is 0.182. The van der Waals surface area contributed by atoms with Crippen molar-refractivity contribution in [1.29, 1.82) is 0 Å². The number of hydrazone groups is 1. The van der Waals surface area contributed by atoms with Crippen molar-refractivity contribution in [2.24, 2.45) is 5.10 Å². The van der Waals surface area contributed by atoms with Gasteiger partial charge in [0.1, 0.15) is 0 Å². The molecular weight excluding hydrogens is 470 g/mol. The van der Waals surface area contributed by atoms with Crippen LogP contribution >= 0.6 is 0 Å². The van der Waals surface area contributed by atoms with E-state index in [4.69, 9.17) is 15.2 Å². The number of anilines is 2. The number of nitrogen functional groups attached to an aromatic ring is 1. The van der Waals surface area contributed by atoms with Crippen LogP contribution in [0.5, 0.6) is 17.2 Å². The summed E-state index contributed by atoms with van der Waals surface area (Å²) in [5.74, 6) is -0.299. The highest BCUT2D eigenvalue weighted by molar-refractivity contribution is 5.94. The summed E-state index contributed by atoms with van der Waals surface area (Å²) in [5.41, 5.74) is 10.1. The molecule has 0 aliphatic carbocycles. The predicted molar refractivity (Wildman–Crippen MR) is 128 cm³/mol. The van der Waals surface area contributed by atoms with E-state index < -0.39 is 5.91 Å². The molecule has 36 heavy (non-hydrogen) atoms. The maximum atomic E-state index is 13.0. The van der Waals surface area contributed by atoms with Crippen molar-refractivity contribution in [1.82, 2.24) is 30.7 Å². The molecule has 186 valence electrons. The molecule has 0 atom stereocenters. The number of phenolic OH excluding ortho intramolecular Hbond substituents is 1. The van der Waals surface area contributed by atoms with Crippen LogP contribution in [0.3, 0.4) is 0 Å². The van der Waals surface area contributed by atoms with Crippen LogP contribution in [0.2, 0.25) is 0 Å². The summed E-state index contributed by atoms with van der Waals surface area (Å²) in [7, 11) is 4.67. The number of nitrogens with one attached hydrogen (secondary N) is 1. The Hall–Kier alpha value is -5.14. The Morgan fingerprint density at radius 2 is 1.92 bits per heavy atom. The number of ether oxygens (including phenoxy) is 2. The normalized spacial score (nSPS) is 11.0. The zero-order chi connectivity index (χ0) is 25.7. The smallest absolute Gasteiger partial charge is 0.293 e. The number of carbonyl (C=O) groups excluding carboxylic acids is 1. The Morgan fingerprint density at radius 3 is 2.53 bits per heavy atom. The van der Waals surface area contributed by atoms with Gasteiger partial charge >= 0.3 is 0 Å². The van der Waals surface area contributed by atoms with Gasteiger partial charge in [-0.15, -0.1) is 5.10 Å². The highest BCUT2D eigenvalue weighted by Crippen LogP contribution is 2.36. The zero-order valence-corrected chi connectivity index (χ0v) is 19.6. The Kier molecular flexibility index (Phi) is 6.95. The number of hydrogen-bond donors (Lipinski definition) is 3. The molecule has 0 spiro atoms. The first-order chi connectivity index (χ1) is 17.4. The summed E-state index contributed by atoms with van der Waals surface area (Å²) < 4.78 is 16.2. The third kappa shape index (κ3) is 4.86. The van der Waals surface area contributed by atoms with Crippen LogP contribution in [0.4, 0.5) is 11.5 Å². The molecule has 4 rings (SSSR count). The third-order valence-corrected chi connectivity index (χ3v) is 5.14. The number of rotatable bonds is 9. The van der Waals surface area contributed by atoms with E-state index >= 15 is 0 Å². The van der Waals surface area contributed by atoms with Crippen LogP contribution in [0, 0.1) is 0 Å². The Balaban J connectivity index is 1.61. The maximum absolute atomic E-state index is 13.0. The second-order valence-corrected chi connectivity index (χ2v) is 7.43. The predicted octanol–water partition coefficient (Wildman–Crippen LogP) is 1.36. The van der Waals surface area contributed by atoms with Crippen molar-refractivity contribution < 1.29 is 24.0 Å². The van der Waals surface area contributed by atoms with Gasteiger partial charge in [-0.1, -0.05) is 23.4 Å². The van der Waals surface area contributed by atoms with E-state index in [1.165, 1.54) is 37.2 Å². The average Bonchev–Trinajstić information content (AvgIpc) is 3.50. The summed E-state index contributed by atoms with van der Waals surface area (Å²) in [6.07, 6.45) is 1.36. The van der Waals surface area contributed by atoms with Gasteiger partial charge in [0.2, 0.25) is 17.4 Å². The Bertz CT molecular complexity index is 1360. The van der Waals surface area contributed by atoms with Gasteiger partial charge in [0, 0.05) is 18.3 Å². The van der Waals surface area contributed by atoms with Crippen molar-refractivity contribution in [3.05, 3.63) is 59.4 Å². The van der Waals surface area contributed by atoms with Crippen LogP contribution in [-0.4, -0.2) is 63.8 Å². The minimum Gasteiger partial charge on any atom is -0.502 e. The highest BCUT2D eigenvalue weighted by Gasteiger charge is 2.25. The molecule has 0 saturated carbocycles. The van der Waals surface area contributed by atoms with E-state index in [0.717, 1.165) is 5.69 Å². The minimum atomic E-state index is -0.623. The van der Waals surface area contributed by atoms with Crippen molar-refractivity contribution in [3.63, 3.8) is 0 Å². The molecule has 0 fully saturated rings. The van der Waals surface area contributed by atoms with Gasteiger partial charge in [-0.05, 0) is 34.6 Å². The van der Waals surface area contributed by atoms with Crippen LogP contribution in [0.15, 0.2) is 52.2 Å². The van der Waals surface area contributed by atoms with E-state index in [-0.39, 0.29) is 41.1 Å². The molecule has 4 N–H and O–H groups in total. The number of para-hydroxylation sites is 1. The number of benzene rings is 2. The summed E-state index contributed by atoms with van der Waals surface area (Å²) in [4.78, 5) is 14.9. The molecule has 2 aromatic heterocycles. The van der Waals surface area contributed by atoms with Gasteiger partial charge in [0.25, 0.3) is 5.91 Å². The van der Waals surface area contributed by atoms with Gasteiger partial charge < -0.3 is 25.2 Å². The third-order valence-electron chi connectivity index (χ3n) is 5.14. The van der Waals surface area contributed by atoms with Crippen LogP contribution in [0.25, 0.3) is 5.82 Å². The van der Waals surface area contributed by atoms with E-state index in [2.05, 4.69) is 35.8 Å². The summed E-state index contributed by atoms with van der Waals surface area (Å²) in [6.45, 7) is 0.224. The van der Waals surface area contributed by atoms with Gasteiger partial charge in [-0.2, -0.15) is 9.78 Å². The molecule has 0 bridgehead atoms. The van der Waals surface area contributed by atoms with Gasteiger partial charge in [-0.25, -0.2) is 10.1 Å². The second kappa shape index (κ2) is 10.4. The molecule has 0 radical (unpaired) electrons. The highest BCUT2D eigenvalue weighted by atomic mass is 16.6. The van der Waals surface area contributed by atoms with E-state index in [9.17, 15) is 9.90 Å². The average molecular weight is 493 g/mol. The Morgan fingerprint density at radius 1 is 1.22 bits per heavy atom. The standard InChI is InChI=1S/C22H23N9O5/c1-30(14-7-5-4-6-8-14)12-15-18(25-29-31(15)21-20(23)27-36-28-21)22(33)26-24-11-13-9-16(34-2)19(32)17(10-13)35-3/h4-11,32H,12H2,1-3H3,(H2,23,27)(H,26,33)/b24-11+. The lowest BCUT2D eigenvalue weighted by Gasteiger charge is -2.19. The lowest BCUT2D eigenvalue weighted by molar-refractivity contribution is 0.0949. The van der Waals surface area contributed by atoms with Crippen molar-refractivity contribution in [2.45, 2.75) is 6.54 Å². The molecule has 0 aliphatic heterocycles. The maximum Gasteiger partial charge on any atom is 0.293 e. The largest absolute Gasteiger partial charge is 0.502 e. The molecular formula is C22H23N9O5. The molecule has 4 aromatic rings. The molecule has 14 heteroatoms. The number of nitrogens with two attached hydrogens (primary N) is 1. The first-order valence-corrected chi connectivity index (χ1v) is 10.5. The molecule has 0 saturated heterocycles. The molecule has 0 unspecified atom stereocenters. The lowest BCUT2D eigenvalue weighted by Crippen LogP contribution is -2.24. The van der Waals surface area contributed by atoms with Crippen molar-refractivity contribution in [3.8, 4) is 23.1 Å². The van der Waals surface area contributed by atoms with Gasteiger partial charge in [0.15, 0.2) is 17.2 Å². The van der Waals surface area contributed by atoms with Crippen LogP contribution < -0.4 is 25.5 Å².